The van der Waals surface area contributed by atoms with Crippen molar-refractivity contribution in [2.24, 2.45) is 11.8 Å². The van der Waals surface area contributed by atoms with Gasteiger partial charge < -0.3 is 5.32 Å². The van der Waals surface area contributed by atoms with Crippen molar-refractivity contribution in [3.63, 3.8) is 0 Å². The molecule has 110 valence electrons. The summed E-state index contributed by atoms with van der Waals surface area (Å²) in [5.41, 5.74) is 0. The Morgan fingerprint density at radius 3 is 2.42 bits per heavy atom. The molecule has 0 aromatic carbocycles. The number of carbonyl (C=O) groups excluding carboxylic acids is 1. The standard InChI is InChI=1S/C12H23N3O3S/c1-9-5-10(2)8-15(7-9)19(17,18)14-11-3-4-12(16)13-6-11/h9-11,14H,3-8H2,1-2H3,(H,13,16). The summed E-state index contributed by atoms with van der Waals surface area (Å²) in [4.78, 5) is 11.1. The third-order valence-electron chi connectivity index (χ3n) is 3.76. The second-order valence-electron chi connectivity index (χ2n) is 5.93. The zero-order chi connectivity index (χ0) is 14.0. The fraction of sp³-hybridized carbons (Fsp3) is 0.917. The normalized spacial score (nSPS) is 34.0. The summed E-state index contributed by atoms with van der Waals surface area (Å²) in [5.74, 6) is 0.786. The Labute approximate surface area is 115 Å². The van der Waals surface area contributed by atoms with Crippen LogP contribution in [0, 0.1) is 11.8 Å². The molecule has 0 aromatic rings. The number of rotatable bonds is 3. The molecule has 2 aliphatic rings. The Balaban J connectivity index is 1.96. The summed E-state index contributed by atoms with van der Waals surface area (Å²) >= 11 is 0. The highest BCUT2D eigenvalue weighted by molar-refractivity contribution is 7.87. The maximum Gasteiger partial charge on any atom is 0.279 e. The average molecular weight is 289 g/mol. The molecular weight excluding hydrogens is 266 g/mol. The average Bonchev–Trinajstić information content (AvgIpc) is 2.31. The van der Waals surface area contributed by atoms with E-state index in [4.69, 9.17) is 0 Å². The van der Waals surface area contributed by atoms with Gasteiger partial charge in [0.25, 0.3) is 10.2 Å². The summed E-state index contributed by atoms with van der Waals surface area (Å²) in [6, 6.07) is -0.185. The molecular formula is C12H23N3O3S. The van der Waals surface area contributed by atoms with Crippen LogP contribution in [0.25, 0.3) is 0 Å². The van der Waals surface area contributed by atoms with Crippen LogP contribution in [-0.2, 0) is 15.0 Å². The topological polar surface area (TPSA) is 78.5 Å². The van der Waals surface area contributed by atoms with E-state index in [1.807, 2.05) is 0 Å². The molecule has 0 aliphatic carbocycles. The molecule has 2 heterocycles. The van der Waals surface area contributed by atoms with Crippen molar-refractivity contribution in [3.8, 4) is 0 Å². The molecule has 2 aliphatic heterocycles. The fourth-order valence-corrected chi connectivity index (χ4v) is 4.59. The zero-order valence-electron chi connectivity index (χ0n) is 11.6. The molecule has 7 heteroatoms. The lowest BCUT2D eigenvalue weighted by Crippen LogP contribution is -2.54. The van der Waals surface area contributed by atoms with Crippen molar-refractivity contribution in [1.82, 2.24) is 14.3 Å². The first-order valence-corrected chi connectivity index (χ1v) is 8.35. The SMILES string of the molecule is CC1CC(C)CN(S(=O)(=O)NC2CCC(=O)NC2)C1. The Hall–Kier alpha value is -0.660. The van der Waals surface area contributed by atoms with E-state index < -0.39 is 10.2 Å². The van der Waals surface area contributed by atoms with Gasteiger partial charge in [-0.25, -0.2) is 0 Å². The Kier molecular flexibility index (Phi) is 4.47. The molecule has 1 amide bonds. The lowest BCUT2D eigenvalue weighted by atomic mass is 9.94. The smallest absolute Gasteiger partial charge is 0.279 e. The van der Waals surface area contributed by atoms with Gasteiger partial charge in [0.2, 0.25) is 5.91 Å². The minimum atomic E-state index is -3.43. The predicted octanol–water partition coefficient (Wildman–Crippen LogP) is 0.0773. The van der Waals surface area contributed by atoms with Crippen LogP contribution >= 0.6 is 0 Å². The van der Waals surface area contributed by atoms with E-state index in [-0.39, 0.29) is 11.9 Å². The van der Waals surface area contributed by atoms with Gasteiger partial charge in [-0.2, -0.15) is 17.4 Å². The molecule has 0 radical (unpaired) electrons. The van der Waals surface area contributed by atoms with E-state index in [1.54, 1.807) is 4.31 Å². The second kappa shape index (κ2) is 5.76. The monoisotopic (exact) mass is 289 g/mol. The number of amides is 1. The largest absolute Gasteiger partial charge is 0.355 e. The van der Waals surface area contributed by atoms with E-state index in [1.165, 1.54) is 0 Å². The lowest BCUT2D eigenvalue weighted by molar-refractivity contribution is -0.122. The highest BCUT2D eigenvalue weighted by atomic mass is 32.2. The van der Waals surface area contributed by atoms with Crippen molar-refractivity contribution in [1.29, 1.82) is 0 Å². The first kappa shape index (κ1) is 14.7. The van der Waals surface area contributed by atoms with Gasteiger partial charge in [0.1, 0.15) is 0 Å². The number of hydrogen-bond acceptors (Lipinski definition) is 3. The van der Waals surface area contributed by atoms with Crippen molar-refractivity contribution < 1.29 is 13.2 Å². The third-order valence-corrected chi connectivity index (χ3v) is 5.37. The molecule has 0 aromatic heterocycles. The molecule has 3 atom stereocenters. The zero-order valence-corrected chi connectivity index (χ0v) is 12.4. The van der Waals surface area contributed by atoms with Gasteiger partial charge in [0, 0.05) is 32.1 Å². The van der Waals surface area contributed by atoms with Crippen LogP contribution in [0.3, 0.4) is 0 Å². The number of nitrogens with one attached hydrogen (secondary N) is 2. The highest BCUT2D eigenvalue weighted by Gasteiger charge is 2.32. The molecule has 0 spiro atoms. The molecule has 2 fully saturated rings. The van der Waals surface area contributed by atoms with Crippen molar-refractivity contribution in [3.05, 3.63) is 0 Å². The van der Waals surface area contributed by atoms with E-state index in [2.05, 4.69) is 23.9 Å². The van der Waals surface area contributed by atoms with Gasteiger partial charge in [0.05, 0.1) is 0 Å². The van der Waals surface area contributed by atoms with Crippen LogP contribution in [0.4, 0.5) is 0 Å². The van der Waals surface area contributed by atoms with Crippen LogP contribution in [-0.4, -0.2) is 44.3 Å². The quantitative estimate of drug-likeness (QED) is 0.772. The molecule has 6 nitrogen and oxygen atoms in total. The molecule has 0 bridgehead atoms. The Morgan fingerprint density at radius 1 is 1.26 bits per heavy atom. The molecule has 19 heavy (non-hydrogen) atoms. The van der Waals surface area contributed by atoms with Crippen LogP contribution in [0.5, 0.6) is 0 Å². The highest BCUT2D eigenvalue weighted by Crippen LogP contribution is 2.23. The van der Waals surface area contributed by atoms with Crippen molar-refractivity contribution in [2.75, 3.05) is 19.6 Å². The van der Waals surface area contributed by atoms with Gasteiger partial charge in [-0.3, -0.25) is 4.79 Å². The molecule has 2 N–H and O–H groups in total. The van der Waals surface area contributed by atoms with Crippen molar-refractivity contribution >= 4 is 16.1 Å². The summed E-state index contributed by atoms with van der Waals surface area (Å²) in [6.45, 7) is 5.71. The van der Waals surface area contributed by atoms with Crippen LogP contribution < -0.4 is 10.0 Å². The molecule has 2 rings (SSSR count). The van der Waals surface area contributed by atoms with Gasteiger partial charge >= 0.3 is 0 Å². The summed E-state index contributed by atoms with van der Waals surface area (Å²) in [5, 5.41) is 2.69. The first-order chi connectivity index (χ1) is 8.87. The van der Waals surface area contributed by atoms with Gasteiger partial charge in [-0.15, -0.1) is 0 Å². The number of nitrogens with zero attached hydrogens (tertiary/aromatic N) is 1. The number of hydrogen-bond donors (Lipinski definition) is 2. The van der Waals surface area contributed by atoms with Crippen molar-refractivity contribution in [2.45, 2.75) is 39.2 Å². The van der Waals surface area contributed by atoms with Gasteiger partial charge in [-0.1, -0.05) is 13.8 Å². The molecule has 0 saturated carbocycles. The van der Waals surface area contributed by atoms with E-state index in [0.29, 0.717) is 44.3 Å². The van der Waals surface area contributed by atoms with Gasteiger partial charge in [-0.05, 0) is 24.7 Å². The van der Waals surface area contributed by atoms with Crippen LogP contribution in [0.15, 0.2) is 0 Å². The van der Waals surface area contributed by atoms with E-state index in [0.717, 1.165) is 6.42 Å². The van der Waals surface area contributed by atoms with Crippen LogP contribution in [0.1, 0.15) is 33.1 Å². The Bertz CT molecular complexity index is 418. The summed E-state index contributed by atoms with van der Waals surface area (Å²) in [6.07, 6.45) is 2.04. The molecule has 2 saturated heterocycles. The number of piperidine rings is 2. The maximum atomic E-state index is 12.3. The lowest BCUT2D eigenvalue weighted by Gasteiger charge is -2.35. The third kappa shape index (κ3) is 3.90. The second-order valence-corrected chi connectivity index (χ2v) is 7.63. The number of carbonyl (C=O) groups is 1. The molecule has 3 unspecified atom stereocenters. The first-order valence-electron chi connectivity index (χ1n) is 6.91. The minimum Gasteiger partial charge on any atom is -0.355 e. The maximum absolute atomic E-state index is 12.3. The predicted molar refractivity (Wildman–Crippen MR) is 72.6 cm³/mol. The summed E-state index contributed by atoms with van der Waals surface area (Å²) < 4.78 is 28.9. The summed E-state index contributed by atoms with van der Waals surface area (Å²) in [7, 11) is -3.43. The Morgan fingerprint density at radius 2 is 1.89 bits per heavy atom. The minimum absolute atomic E-state index is 0.00401. The van der Waals surface area contributed by atoms with E-state index >= 15 is 0 Å². The van der Waals surface area contributed by atoms with Crippen LogP contribution in [0.2, 0.25) is 0 Å². The van der Waals surface area contributed by atoms with Gasteiger partial charge in [0.15, 0.2) is 0 Å². The fourth-order valence-electron chi connectivity index (χ4n) is 2.92. The van der Waals surface area contributed by atoms with E-state index in [9.17, 15) is 13.2 Å².